The molecule has 0 bridgehead atoms. The highest BCUT2D eigenvalue weighted by atomic mass is 32.2. The molecule has 1 N–H and O–H groups in total. The molecule has 7 heteroatoms. The second-order valence-electron chi connectivity index (χ2n) is 5.74. The summed E-state index contributed by atoms with van der Waals surface area (Å²) in [5.74, 6) is 0.477. The van der Waals surface area contributed by atoms with Gasteiger partial charge < -0.3 is 9.84 Å². The molecule has 1 aromatic carbocycles. The van der Waals surface area contributed by atoms with Crippen molar-refractivity contribution in [2.75, 3.05) is 13.3 Å². The summed E-state index contributed by atoms with van der Waals surface area (Å²) in [6.45, 7) is 3.39. The standard InChI is InChI=1S/C14H18N2O4S/c1-14(2)13(17)12(16(3)21(4,18)19)10-7-9(8-15)5-6-11(10)20-14/h5-7,12-13,17H,1-4H3/t12-,13+/m1/s1. The Hall–Kier alpha value is -1.62. The highest BCUT2D eigenvalue weighted by molar-refractivity contribution is 7.88. The van der Waals surface area contributed by atoms with Crippen LogP contribution in [0.4, 0.5) is 0 Å². The van der Waals surface area contributed by atoms with Gasteiger partial charge in [0.15, 0.2) is 0 Å². The van der Waals surface area contributed by atoms with Gasteiger partial charge in [0.1, 0.15) is 17.5 Å². The molecular weight excluding hydrogens is 292 g/mol. The topological polar surface area (TPSA) is 90.6 Å². The first-order valence-electron chi connectivity index (χ1n) is 6.42. The number of nitrogens with zero attached hydrogens (tertiary/aromatic N) is 2. The van der Waals surface area contributed by atoms with E-state index in [0.29, 0.717) is 16.9 Å². The van der Waals surface area contributed by atoms with Crippen LogP contribution in [0.15, 0.2) is 18.2 Å². The lowest BCUT2D eigenvalue weighted by molar-refractivity contribution is -0.0763. The van der Waals surface area contributed by atoms with Crippen molar-refractivity contribution < 1.29 is 18.3 Å². The molecule has 2 rings (SSSR count). The molecule has 0 fully saturated rings. The first kappa shape index (κ1) is 15.8. The van der Waals surface area contributed by atoms with Crippen LogP contribution in [0, 0.1) is 11.3 Å². The Bertz CT molecular complexity index is 706. The van der Waals surface area contributed by atoms with Crippen LogP contribution in [-0.4, -0.2) is 42.8 Å². The summed E-state index contributed by atoms with van der Waals surface area (Å²) < 4.78 is 30.6. The van der Waals surface area contributed by atoms with E-state index in [9.17, 15) is 13.5 Å². The third-order valence-corrected chi connectivity index (χ3v) is 5.03. The fourth-order valence-corrected chi connectivity index (χ4v) is 3.08. The second-order valence-corrected chi connectivity index (χ2v) is 7.78. The maximum Gasteiger partial charge on any atom is 0.211 e. The molecule has 1 aromatic rings. The van der Waals surface area contributed by atoms with Crippen LogP contribution in [-0.2, 0) is 10.0 Å². The smallest absolute Gasteiger partial charge is 0.211 e. The maximum absolute atomic E-state index is 11.9. The number of nitriles is 1. The third kappa shape index (κ3) is 2.75. The normalized spacial score (nSPS) is 24.0. The van der Waals surface area contributed by atoms with Gasteiger partial charge in [0.05, 0.1) is 23.9 Å². The monoisotopic (exact) mass is 310 g/mol. The molecule has 0 aliphatic carbocycles. The van der Waals surface area contributed by atoms with Crippen LogP contribution in [0.1, 0.15) is 31.0 Å². The van der Waals surface area contributed by atoms with E-state index in [1.165, 1.54) is 7.05 Å². The van der Waals surface area contributed by atoms with Crippen molar-refractivity contribution in [2.45, 2.75) is 31.6 Å². The summed E-state index contributed by atoms with van der Waals surface area (Å²) >= 11 is 0. The lowest BCUT2D eigenvalue weighted by Crippen LogP contribution is -2.53. The molecule has 0 amide bonds. The van der Waals surface area contributed by atoms with Gasteiger partial charge in [0.25, 0.3) is 0 Å². The maximum atomic E-state index is 11.9. The van der Waals surface area contributed by atoms with Crippen LogP contribution in [0.2, 0.25) is 0 Å². The van der Waals surface area contributed by atoms with Gasteiger partial charge in [-0.3, -0.25) is 0 Å². The number of sulfonamides is 1. The Labute approximate surface area is 124 Å². The van der Waals surface area contributed by atoms with Gasteiger partial charge in [-0.25, -0.2) is 8.42 Å². The van der Waals surface area contributed by atoms with E-state index in [0.717, 1.165) is 10.6 Å². The third-order valence-electron chi connectivity index (χ3n) is 3.76. The van der Waals surface area contributed by atoms with Crippen molar-refractivity contribution in [2.24, 2.45) is 0 Å². The van der Waals surface area contributed by atoms with E-state index in [1.807, 2.05) is 6.07 Å². The van der Waals surface area contributed by atoms with Gasteiger partial charge >= 0.3 is 0 Å². The molecular formula is C14H18N2O4S. The number of aliphatic hydroxyl groups excluding tert-OH is 1. The van der Waals surface area contributed by atoms with Crippen molar-refractivity contribution in [3.8, 4) is 11.8 Å². The minimum absolute atomic E-state index is 0.385. The number of hydrogen-bond donors (Lipinski definition) is 1. The summed E-state index contributed by atoms with van der Waals surface area (Å²) in [7, 11) is -2.10. The first-order valence-corrected chi connectivity index (χ1v) is 8.27. The summed E-state index contributed by atoms with van der Waals surface area (Å²) in [6.07, 6.45) is 0.0226. The first-order chi connectivity index (χ1) is 9.58. The Kier molecular flexibility index (Phi) is 3.74. The van der Waals surface area contributed by atoms with Crippen molar-refractivity contribution >= 4 is 10.0 Å². The summed E-state index contributed by atoms with van der Waals surface area (Å²) in [4.78, 5) is 0. The molecule has 1 heterocycles. The minimum atomic E-state index is -3.51. The van der Waals surface area contributed by atoms with Gasteiger partial charge in [-0.1, -0.05) is 0 Å². The lowest BCUT2D eigenvalue weighted by atomic mass is 9.86. The molecule has 0 radical (unpaired) electrons. The van der Waals surface area contributed by atoms with Gasteiger partial charge in [0.2, 0.25) is 10.0 Å². The van der Waals surface area contributed by atoms with Crippen molar-refractivity contribution in [3.05, 3.63) is 29.3 Å². The van der Waals surface area contributed by atoms with E-state index in [-0.39, 0.29) is 0 Å². The molecule has 6 nitrogen and oxygen atoms in total. The Morgan fingerprint density at radius 3 is 2.57 bits per heavy atom. The molecule has 0 saturated heterocycles. The molecule has 0 aromatic heterocycles. The van der Waals surface area contributed by atoms with E-state index in [2.05, 4.69) is 0 Å². The Morgan fingerprint density at radius 1 is 1.43 bits per heavy atom. The Morgan fingerprint density at radius 2 is 2.05 bits per heavy atom. The zero-order valence-corrected chi connectivity index (χ0v) is 13.2. The minimum Gasteiger partial charge on any atom is -0.485 e. The van der Waals surface area contributed by atoms with Gasteiger partial charge in [0, 0.05) is 12.6 Å². The second kappa shape index (κ2) is 4.98. The summed E-state index contributed by atoms with van der Waals surface area (Å²) in [6, 6.07) is 5.99. The zero-order chi connectivity index (χ0) is 16.0. The molecule has 1 aliphatic rings. The molecule has 0 unspecified atom stereocenters. The molecule has 2 atom stereocenters. The molecule has 21 heavy (non-hydrogen) atoms. The van der Waals surface area contributed by atoms with E-state index in [1.54, 1.807) is 32.0 Å². The fraction of sp³-hybridized carbons (Fsp3) is 0.500. The van der Waals surface area contributed by atoms with Crippen LogP contribution in [0.25, 0.3) is 0 Å². The van der Waals surface area contributed by atoms with Crippen LogP contribution in [0.5, 0.6) is 5.75 Å². The van der Waals surface area contributed by atoms with Gasteiger partial charge in [-0.15, -0.1) is 0 Å². The van der Waals surface area contributed by atoms with E-state index in [4.69, 9.17) is 10.00 Å². The predicted octanol–water partition coefficient (Wildman–Crippen LogP) is 1.02. The quantitative estimate of drug-likeness (QED) is 0.881. The van der Waals surface area contributed by atoms with Gasteiger partial charge in [-0.2, -0.15) is 9.57 Å². The van der Waals surface area contributed by atoms with Crippen molar-refractivity contribution in [1.29, 1.82) is 5.26 Å². The molecule has 114 valence electrons. The molecule has 0 saturated carbocycles. The lowest BCUT2D eigenvalue weighted by Gasteiger charge is -2.44. The van der Waals surface area contributed by atoms with Crippen molar-refractivity contribution in [3.63, 3.8) is 0 Å². The number of ether oxygens (including phenoxy) is 1. The number of fused-ring (bicyclic) bond motifs is 1. The van der Waals surface area contributed by atoms with Crippen molar-refractivity contribution in [1.82, 2.24) is 4.31 Å². The van der Waals surface area contributed by atoms with E-state index < -0.39 is 27.8 Å². The Balaban J connectivity index is 2.65. The SMILES string of the molecule is CN([C@@H]1c2cc(C#N)ccc2OC(C)(C)[C@H]1O)S(C)(=O)=O. The largest absolute Gasteiger partial charge is 0.485 e. The summed E-state index contributed by atoms with van der Waals surface area (Å²) in [5.41, 5.74) is -0.0601. The summed E-state index contributed by atoms with van der Waals surface area (Å²) in [5, 5.41) is 19.5. The predicted molar refractivity (Wildman–Crippen MR) is 77.2 cm³/mol. The number of likely N-dealkylation sites (N-methyl/N-ethyl adjacent to an activating group) is 1. The van der Waals surface area contributed by atoms with Gasteiger partial charge in [-0.05, 0) is 32.0 Å². The number of benzene rings is 1. The van der Waals surface area contributed by atoms with E-state index >= 15 is 0 Å². The average molecular weight is 310 g/mol. The number of hydrogen-bond acceptors (Lipinski definition) is 5. The molecule has 1 aliphatic heterocycles. The number of rotatable bonds is 2. The van der Waals surface area contributed by atoms with Crippen LogP contribution < -0.4 is 4.74 Å². The van der Waals surface area contributed by atoms with Crippen LogP contribution >= 0.6 is 0 Å². The number of aliphatic hydroxyl groups is 1. The zero-order valence-electron chi connectivity index (χ0n) is 12.4. The van der Waals surface area contributed by atoms with Crippen LogP contribution in [0.3, 0.4) is 0 Å². The molecule has 0 spiro atoms. The highest BCUT2D eigenvalue weighted by Gasteiger charge is 2.46. The fourth-order valence-electron chi connectivity index (χ4n) is 2.44. The average Bonchev–Trinajstić information content (AvgIpc) is 2.38. The highest BCUT2D eigenvalue weighted by Crippen LogP contribution is 2.43.